The van der Waals surface area contributed by atoms with Gasteiger partial charge in [0.05, 0.1) is 32.9 Å². The molecule has 0 fully saturated rings. The van der Waals surface area contributed by atoms with Crippen molar-refractivity contribution < 1.29 is 19.0 Å². The van der Waals surface area contributed by atoms with Gasteiger partial charge in [-0.2, -0.15) is 0 Å². The Bertz CT molecular complexity index is 984. The number of thiazole rings is 1. The van der Waals surface area contributed by atoms with Gasteiger partial charge in [-0.05, 0) is 31.0 Å². The Balaban J connectivity index is 1.67. The van der Waals surface area contributed by atoms with Crippen LogP contribution in [0.3, 0.4) is 0 Å². The predicted octanol–water partition coefficient (Wildman–Crippen LogP) is 5.11. The Hall–Kier alpha value is -3.06. The SMILES string of the molecule is CC[C@H](C)N(Cc1csc(COc2c(OC)cccc2OC)n1)C(=O)Cc1ccccc1. The highest BCUT2D eigenvalue weighted by atomic mass is 32.1. The minimum Gasteiger partial charge on any atom is -0.493 e. The molecule has 0 unspecified atom stereocenters. The summed E-state index contributed by atoms with van der Waals surface area (Å²) in [4.78, 5) is 19.6. The summed E-state index contributed by atoms with van der Waals surface area (Å²) in [6.07, 6.45) is 1.27. The number of hydrogen-bond donors (Lipinski definition) is 0. The van der Waals surface area contributed by atoms with Gasteiger partial charge < -0.3 is 19.1 Å². The van der Waals surface area contributed by atoms with E-state index in [0.29, 0.717) is 36.8 Å². The zero-order chi connectivity index (χ0) is 22.9. The van der Waals surface area contributed by atoms with Crippen LogP contribution in [0, 0.1) is 0 Å². The fourth-order valence-corrected chi connectivity index (χ4v) is 4.03. The van der Waals surface area contributed by atoms with Crippen molar-refractivity contribution in [1.82, 2.24) is 9.88 Å². The molecule has 7 heteroatoms. The van der Waals surface area contributed by atoms with Crippen LogP contribution in [-0.4, -0.2) is 36.1 Å². The highest BCUT2D eigenvalue weighted by Crippen LogP contribution is 2.37. The maximum atomic E-state index is 13.0. The molecular formula is C25H30N2O4S. The monoisotopic (exact) mass is 454 g/mol. The first-order chi connectivity index (χ1) is 15.5. The van der Waals surface area contributed by atoms with Crippen LogP contribution >= 0.6 is 11.3 Å². The second kappa shape index (κ2) is 11.5. The fraction of sp³-hybridized carbons (Fsp3) is 0.360. The Kier molecular flexibility index (Phi) is 8.50. The van der Waals surface area contributed by atoms with E-state index in [2.05, 4.69) is 13.8 Å². The van der Waals surface area contributed by atoms with Crippen LogP contribution in [0.1, 0.15) is 36.5 Å². The molecule has 6 nitrogen and oxygen atoms in total. The van der Waals surface area contributed by atoms with Crippen molar-refractivity contribution in [2.24, 2.45) is 0 Å². The lowest BCUT2D eigenvalue weighted by molar-refractivity contribution is -0.133. The summed E-state index contributed by atoms with van der Waals surface area (Å²) in [5.41, 5.74) is 1.88. The molecule has 1 aromatic heterocycles. The van der Waals surface area contributed by atoms with Gasteiger partial charge in [0.2, 0.25) is 11.7 Å². The topological polar surface area (TPSA) is 60.9 Å². The third-order valence-electron chi connectivity index (χ3n) is 5.30. The molecular weight excluding hydrogens is 424 g/mol. The summed E-state index contributed by atoms with van der Waals surface area (Å²) < 4.78 is 16.7. The van der Waals surface area contributed by atoms with Crippen molar-refractivity contribution in [3.63, 3.8) is 0 Å². The second-order valence-electron chi connectivity index (χ2n) is 7.45. The summed E-state index contributed by atoms with van der Waals surface area (Å²) in [6.45, 7) is 4.94. The first kappa shape index (κ1) is 23.6. The van der Waals surface area contributed by atoms with Crippen LogP contribution in [0.15, 0.2) is 53.9 Å². The number of para-hydroxylation sites is 1. The zero-order valence-corrected chi connectivity index (χ0v) is 19.9. The Morgan fingerprint density at radius 2 is 1.75 bits per heavy atom. The number of carbonyl (C=O) groups is 1. The van der Waals surface area contributed by atoms with Crippen molar-refractivity contribution in [3.05, 3.63) is 70.2 Å². The van der Waals surface area contributed by atoms with Crippen LogP contribution in [0.2, 0.25) is 0 Å². The Morgan fingerprint density at radius 1 is 1.06 bits per heavy atom. The minimum absolute atomic E-state index is 0.107. The lowest BCUT2D eigenvalue weighted by Gasteiger charge is -2.28. The third-order valence-corrected chi connectivity index (χ3v) is 6.17. The van der Waals surface area contributed by atoms with Crippen molar-refractivity contribution in [2.75, 3.05) is 14.2 Å². The van der Waals surface area contributed by atoms with Crippen LogP contribution in [0.4, 0.5) is 0 Å². The van der Waals surface area contributed by atoms with Crippen molar-refractivity contribution in [1.29, 1.82) is 0 Å². The molecule has 1 heterocycles. The van der Waals surface area contributed by atoms with Crippen molar-refractivity contribution in [3.8, 4) is 17.2 Å². The van der Waals surface area contributed by atoms with E-state index in [4.69, 9.17) is 19.2 Å². The van der Waals surface area contributed by atoms with E-state index < -0.39 is 0 Å². The van der Waals surface area contributed by atoms with E-state index in [-0.39, 0.29) is 11.9 Å². The summed E-state index contributed by atoms with van der Waals surface area (Å²) in [5.74, 6) is 1.87. The smallest absolute Gasteiger partial charge is 0.227 e. The van der Waals surface area contributed by atoms with E-state index in [1.165, 1.54) is 11.3 Å². The van der Waals surface area contributed by atoms with Gasteiger partial charge in [-0.1, -0.05) is 43.3 Å². The number of rotatable bonds is 11. The quantitative estimate of drug-likeness (QED) is 0.403. The molecule has 2 aromatic carbocycles. The number of amides is 1. The van der Waals surface area contributed by atoms with Crippen molar-refractivity contribution in [2.45, 2.75) is 45.9 Å². The average Bonchev–Trinajstić information content (AvgIpc) is 3.28. The maximum Gasteiger partial charge on any atom is 0.227 e. The third kappa shape index (κ3) is 6.01. The summed E-state index contributed by atoms with van der Waals surface area (Å²) >= 11 is 1.52. The van der Waals surface area contributed by atoms with Gasteiger partial charge in [-0.25, -0.2) is 4.98 Å². The lowest BCUT2D eigenvalue weighted by atomic mass is 10.1. The molecule has 0 aliphatic rings. The molecule has 0 saturated heterocycles. The molecule has 3 rings (SSSR count). The van der Waals surface area contributed by atoms with E-state index in [1.54, 1.807) is 14.2 Å². The van der Waals surface area contributed by atoms with Gasteiger partial charge in [0.1, 0.15) is 11.6 Å². The van der Waals surface area contributed by atoms with E-state index in [9.17, 15) is 4.79 Å². The number of benzene rings is 2. The number of nitrogens with zero attached hydrogens (tertiary/aromatic N) is 2. The summed E-state index contributed by atoms with van der Waals surface area (Å²) in [5, 5.41) is 2.82. The van der Waals surface area contributed by atoms with Gasteiger partial charge in [0.15, 0.2) is 11.5 Å². The molecule has 170 valence electrons. The number of aromatic nitrogens is 1. The molecule has 0 radical (unpaired) electrons. The highest BCUT2D eigenvalue weighted by Gasteiger charge is 2.21. The predicted molar refractivity (Wildman–Crippen MR) is 126 cm³/mol. The standard InChI is InChI=1S/C25H30N2O4S/c1-5-18(2)27(24(28)14-19-10-7-6-8-11-19)15-20-17-32-23(26-20)16-31-25-21(29-3)12-9-13-22(25)30-4/h6-13,17-18H,5,14-16H2,1-4H3/t18-/m0/s1. The Morgan fingerprint density at radius 3 is 2.38 bits per heavy atom. The lowest BCUT2D eigenvalue weighted by Crippen LogP contribution is -2.38. The van der Waals surface area contributed by atoms with Crippen LogP contribution < -0.4 is 14.2 Å². The van der Waals surface area contributed by atoms with Crippen LogP contribution in [0.25, 0.3) is 0 Å². The normalized spacial score (nSPS) is 11.6. The van der Waals surface area contributed by atoms with Gasteiger partial charge in [0, 0.05) is 11.4 Å². The van der Waals surface area contributed by atoms with Crippen molar-refractivity contribution >= 4 is 17.2 Å². The summed E-state index contributed by atoms with van der Waals surface area (Å²) in [6, 6.07) is 15.5. The van der Waals surface area contributed by atoms with Gasteiger partial charge in [-0.3, -0.25) is 4.79 Å². The van der Waals surface area contributed by atoms with E-state index in [1.807, 2.05) is 58.8 Å². The molecule has 0 aliphatic heterocycles. The fourth-order valence-electron chi connectivity index (χ4n) is 3.34. The number of ether oxygens (including phenoxy) is 3. The van der Waals surface area contributed by atoms with Gasteiger partial charge >= 0.3 is 0 Å². The second-order valence-corrected chi connectivity index (χ2v) is 8.40. The number of carbonyl (C=O) groups excluding carboxylic acids is 1. The first-order valence-corrected chi connectivity index (χ1v) is 11.5. The average molecular weight is 455 g/mol. The van der Waals surface area contributed by atoms with Crippen LogP contribution in [0.5, 0.6) is 17.2 Å². The molecule has 0 bridgehead atoms. The maximum absolute atomic E-state index is 13.0. The molecule has 1 amide bonds. The molecule has 3 aromatic rings. The molecule has 0 saturated carbocycles. The van der Waals surface area contributed by atoms with E-state index in [0.717, 1.165) is 22.7 Å². The minimum atomic E-state index is 0.107. The first-order valence-electron chi connectivity index (χ1n) is 10.7. The van der Waals surface area contributed by atoms with Gasteiger partial charge in [0.25, 0.3) is 0 Å². The number of hydrogen-bond acceptors (Lipinski definition) is 6. The summed E-state index contributed by atoms with van der Waals surface area (Å²) in [7, 11) is 3.19. The molecule has 0 spiro atoms. The Labute approximate surface area is 193 Å². The van der Waals surface area contributed by atoms with E-state index >= 15 is 0 Å². The molecule has 32 heavy (non-hydrogen) atoms. The highest BCUT2D eigenvalue weighted by molar-refractivity contribution is 7.09. The largest absolute Gasteiger partial charge is 0.493 e. The zero-order valence-electron chi connectivity index (χ0n) is 19.0. The van der Waals surface area contributed by atoms with Crippen LogP contribution in [-0.2, 0) is 24.4 Å². The molecule has 0 N–H and O–H groups in total. The van der Waals surface area contributed by atoms with Gasteiger partial charge in [-0.15, -0.1) is 11.3 Å². The number of methoxy groups -OCH3 is 2. The molecule has 0 aliphatic carbocycles. The molecule has 1 atom stereocenters.